The molecule has 5 nitrogen and oxygen atoms in total. The standard InChI is InChI=1S/C14H14N2O3S/c1-8(17)12-11(14(18)19)15-13(20-12)9-4-6-10(7-5-9)16(2)3/h4-7H,1-3H3,(H,18,19). The van der Waals surface area contributed by atoms with E-state index in [0.717, 1.165) is 22.6 Å². The molecule has 0 saturated carbocycles. The van der Waals surface area contributed by atoms with Crippen LogP contribution in [0.25, 0.3) is 10.6 Å². The van der Waals surface area contributed by atoms with Gasteiger partial charge in [0.2, 0.25) is 0 Å². The van der Waals surface area contributed by atoms with Gasteiger partial charge in [-0.3, -0.25) is 4.79 Å². The van der Waals surface area contributed by atoms with Gasteiger partial charge in [0.05, 0.1) is 0 Å². The highest BCUT2D eigenvalue weighted by Gasteiger charge is 2.21. The first kappa shape index (κ1) is 14.2. The molecule has 0 aliphatic carbocycles. The second-order valence-electron chi connectivity index (χ2n) is 4.50. The zero-order valence-electron chi connectivity index (χ0n) is 11.4. The molecule has 0 amide bonds. The molecule has 1 N–H and O–H groups in total. The number of thiazole rings is 1. The first-order valence-corrected chi connectivity index (χ1v) is 6.74. The number of aromatic carboxylic acids is 1. The lowest BCUT2D eigenvalue weighted by molar-refractivity contribution is 0.0687. The Kier molecular flexibility index (Phi) is 3.85. The van der Waals surface area contributed by atoms with Gasteiger partial charge < -0.3 is 10.0 Å². The second kappa shape index (κ2) is 5.42. The van der Waals surface area contributed by atoms with Crippen molar-refractivity contribution >= 4 is 28.8 Å². The van der Waals surface area contributed by atoms with Gasteiger partial charge in [-0.15, -0.1) is 11.3 Å². The van der Waals surface area contributed by atoms with Crippen molar-refractivity contribution in [3.8, 4) is 10.6 Å². The van der Waals surface area contributed by atoms with E-state index in [1.807, 2.05) is 43.3 Å². The molecule has 0 spiro atoms. The van der Waals surface area contributed by atoms with Gasteiger partial charge in [-0.2, -0.15) is 0 Å². The van der Waals surface area contributed by atoms with Gasteiger partial charge in [-0.1, -0.05) is 0 Å². The van der Waals surface area contributed by atoms with Crippen molar-refractivity contribution in [1.29, 1.82) is 0 Å². The molecule has 0 atom stereocenters. The maximum absolute atomic E-state index is 11.5. The topological polar surface area (TPSA) is 70.5 Å². The van der Waals surface area contributed by atoms with Gasteiger partial charge in [0.25, 0.3) is 0 Å². The number of hydrogen-bond acceptors (Lipinski definition) is 5. The molecule has 20 heavy (non-hydrogen) atoms. The molecular weight excluding hydrogens is 276 g/mol. The summed E-state index contributed by atoms with van der Waals surface area (Å²) in [6.45, 7) is 1.35. The molecular formula is C14H14N2O3S. The molecule has 1 aromatic carbocycles. The normalized spacial score (nSPS) is 10.3. The minimum absolute atomic E-state index is 0.172. The molecule has 1 heterocycles. The van der Waals surface area contributed by atoms with E-state index in [1.54, 1.807) is 0 Å². The van der Waals surface area contributed by atoms with E-state index in [1.165, 1.54) is 6.92 Å². The summed E-state index contributed by atoms with van der Waals surface area (Å²) in [7, 11) is 3.88. The predicted octanol–water partition coefficient (Wildman–Crippen LogP) is 2.78. The summed E-state index contributed by atoms with van der Waals surface area (Å²) in [5.74, 6) is -1.46. The molecule has 0 aliphatic heterocycles. The molecule has 0 fully saturated rings. The molecule has 0 bridgehead atoms. The number of rotatable bonds is 4. The van der Waals surface area contributed by atoms with Crippen LogP contribution >= 0.6 is 11.3 Å². The van der Waals surface area contributed by atoms with Crippen LogP contribution in [0, 0.1) is 0 Å². The Morgan fingerprint density at radius 2 is 1.80 bits per heavy atom. The Balaban J connectivity index is 2.45. The van der Waals surface area contributed by atoms with Crippen LogP contribution in [0.1, 0.15) is 27.1 Å². The summed E-state index contributed by atoms with van der Waals surface area (Å²) in [5, 5.41) is 9.62. The van der Waals surface area contributed by atoms with Gasteiger partial charge in [0, 0.05) is 32.3 Å². The lowest BCUT2D eigenvalue weighted by Gasteiger charge is -2.11. The van der Waals surface area contributed by atoms with Crippen LogP contribution in [0.4, 0.5) is 5.69 Å². The second-order valence-corrected chi connectivity index (χ2v) is 5.50. The van der Waals surface area contributed by atoms with Crippen LogP contribution in [-0.2, 0) is 0 Å². The number of carbonyl (C=O) groups is 2. The highest BCUT2D eigenvalue weighted by molar-refractivity contribution is 7.17. The maximum Gasteiger partial charge on any atom is 0.356 e. The van der Waals surface area contributed by atoms with Gasteiger partial charge in [0.15, 0.2) is 11.5 Å². The molecule has 2 rings (SSSR count). The van der Waals surface area contributed by atoms with E-state index < -0.39 is 5.97 Å². The van der Waals surface area contributed by atoms with Crippen molar-refractivity contribution in [3.63, 3.8) is 0 Å². The third-order valence-corrected chi connectivity index (χ3v) is 3.99. The first-order valence-electron chi connectivity index (χ1n) is 5.93. The Hall–Kier alpha value is -2.21. The molecule has 104 valence electrons. The highest BCUT2D eigenvalue weighted by atomic mass is 32.1. The average molecular weight is 290 g/mol. The van der Waals surface area contributed by atoms with Crippen molar-refractivity contribution < 1.29 is 14.7 Å². The van der Waals surface area contributed by atoms with Crippen molar-refractivity contribution in [2.45, 2.75) is 6.92 Å². The van der Waals surface area contributed by atoms with Gasteiger partial charge in [-0.25, -0.2) is 9.78 Å². The number of carboxylic acids is 1. The molecule has 6 heteroatoms. The third-order valence-electron chi connectivity index (χ3n) is 2.78. The van der Waals surface area contributed by atoms with E-state index in [0.29, 0.717) is 5.01 Å². The SMILES string of the molecule is CC(=O)c1sc(-c2ccc(N(C)C)cc2)nc1C(=O)O. The van der Waals surface area contributed by atoms with E-state index in [-0.39, 0.29) is 16.4 Å². The predicted molar refractivity (Wildman–Crippen MR) is 78.8 cm³/mol. The number of carboxylic acid groups (broad SMARTS) is 1. The smallest absolute Gasteiger partial charge is 0.356 e. The van der Waals surface area contributed by atoms with Crippen molar-refractivity contribution in [1.82, 2.24) is 4.98 Å². The summed E-state index contributed by atoms with van der Waals surface area (Å²) in [6, 6.07) is 7.57. The van der Waals surface area contributed by atoms with Crippen LogP contribution in [0.15, 0.2) is 24.3 Å². The van der Waals surface area contributed by atoms with Crippen LogP contribution < -0.4 is 4.90 Å². The molecule has 0 radical (unpaired) electrons. The summed E-state index contributed by atoms with van der Waals surface area (Å²) in [4.78, 5) is 28.8. The van der Waals surface area contributed by atoms with Gasteiger partial charge in [-0.05, 0) is 24.3 Å². The number of Topliss-reactive ketones (excluding diaryl/α,β-unsaturated/α-hetero) is 1. The number of hydrogen-bond donors (Lipinski definition) is 1. The van der Waals surface area contributed by atoms with Gasteiger partial charge >= 0.3 is 5.97 Å². The highest BCUT2D eigenvalue weighted by Crippen LogP contribution is 2.29. The molecule has 0 saturated heterocycles. The molecule has 0 unspecified atom stereocenters. The van der Waals surface area contributed by atoms with Crippen molar-refractivity contribution in [3.05, 3.63) is 34.8 Å². The quantitative estimate of drug-likeness (QED) is 0.877. The van der Waals surface area contributed by atoms with Crippen molar-refractivity contribution in [2.75, 3.05) is 19.0 Å². The number of aromatic nitrogens is 1. The number of benzene rings is 1. The summed E-state index contributed by atoms with van der Waals surface area (Å²) in [6.07, 6.45) is 0. The van der Waals surface area contributed by atoms with Crippen molar-refractivity contribution in [2.24, 2.45) is 0 Å². The minimum atomic E-state index is -1.18. The number of carbonyl (C=O) groups excluding carboxylic acids is 1. The van der Waals surface area contributed by atoms with Crippen LogP contribution in [0.5, 0.6) is 0 Å². The minimum Gasteiger partial charge on any atom is -0.476 e. The van der Waals surface area contributed by atoms with E-state index in [4.69, 9.17) is 5.11 Å². The number of ketones is 1. The van der Waals surface area contributed by atoms with E-state index in [2.05, 4.69) is 4.98 Å². The summed E-state index contributed by atoms with van der Waals surface area (Å²) >= 11 is 1.11. The fraction of sp³-hybridized carbons (Fsp3) is 0.214. The van der Waals surface area contributed by atoms with Crippen LogP contribution in [0.3, 0.4) is 0 Å². The third kappa shape index (κ3) is 2.70. The molecule has 2 aromatic rings. The summed E-state index contributed by atoms with van der Waals surface area (Å²) < 4.78 is 0. The number of nitrogens with zero attached hydrogens (tertiary/aromatic N) is 2. The lowest BCUT2D eigenvalue weighted by atomic mass is 10.2. The zero-order valence-corrected chi connectivity index (χ0v) is 12.2. The monoisotopic (exact) mass is 290 g/mol. The Morgan fingerprint density at radius 3 is 2.20 bits per heavy atom. The fourth-order valence-electron chi connectivity index (χ4n) is 1.73. The van der Waals surface area contributed by atoms with Gasteiger partial charge in [0.1, 0.15) is 9.88 Å². The molecule has 0 aliphatic rings. The van der Waals surface area contributed by atoms with Crippen LogP contribution in [0.2, 0.25) is 0 Å². The Bertz CT molecular complexity index is 628. The number of anilines is 1. The van der Waals surface area contributed by atoms with E-state index >= 15 is 0 Å². The van der Waals surface area contributed by atoms with Crippen LogP contribution in [-0.4, -0.2) is 35.9 Å². The first-order chi connectivity index (χ1) is 9.40. The van der Waals surface area contributed by atoms with E-state index in [9.17, 15) is 9.59 Å². The largest absolute Gasteiger partial charge is 0.476 e. The summed E-state index contributed by atoms with van der Waals surface area (Å²) in [5.41, 5.74) is 1.67. The Labute approximate surface area is 120 Å². The Morgan fingerprint density at radius 1 is 1.20 bits per heavy atom. The molecule has 1 aromatic heterocycles. The average Bonchev–Trinajstić information content (AvgIpc) is 2.84. The fourth-order valence-corrected chi connectivity index (χ4v) is 2.69. The lowest BCUT2D eigenvalue weighted by Crippen LogP contribution is -2.07. The maximum atomic E-state index is 11.5. The zero-order chi connectivity index (χ0) is 14.9.